The molecule has 2 aliphatic carbocycles. The van der Waals surface area contributed by atoms with Crippen molar-refractivity contribution in [2.75, 3.05) is 12.4 Å². The minimum atomic E-state index is 0.162. The number of aromatic nitrogens is 3. The third-order valence-electron chi connectivity index (χ3n) is 4.56. The number of fused-ring (bicyclic) bond motifs is 2. The van der Waals surface area contributed by atoms with E-state index in [0.29, 0.717) is 12.0 Å². The molecule has 4 atom stereocenters. The van der Waals surface area contributed by atoms with Crippen molar-refractivity contribution in [2.45, 2.75) is 38.6 Å². The number of nitrogens with one attached hydrogen (secondary N) is 1. The lowest BCUT2D eigenvalue weighted by Gasteiger charge is -2.28. The van der Waals surface area contributed by atoms with Crippen molar-refractivity contribution in [3.05, 3.63) is 5.28 Å². The maximum atomic E-state index is 5.85. The minimum absolute atomic E-state index is 0.162. The number of hydrogen-bond acceptors (Lipinski definition) is 5. The number of halogens is 1. The molecule has 5 nitrogen and oxygen atoms in total. The summed E-state index contributed by atoms with van der Waals surface area (Å²) in [6.45, 7) is 2.20. The summed E-state index contributed by atoms with van der Waals surface area (Å²) in [4.78, 5) is 12.2. The summed E-state index contributed by atoms with van der Waals surface area (Å²) in [5.74, 6) is 3.04. The fraction of sp³-hybridized carbons (Fsp3) is 0.769. The second-order valence-corrected chi connectivity index (χ2v) is 6.02. The Morgan fingerprint density at radius 1 is 1.26 bits per heavy atom. The van der Waals surface area contributed by atoms with Crippen LogP contribution in [0.2, 0.25) is 5.28 Å². The molecule has 104 valence electrons. The maximum absolute atomic E-state index is 5.85. The Kier molecular flexibility index (Phi) is 3.48. The second-order valence-electron chi connectivity index (χ2n) is 5.69. The van der Waals surface area contributed by atoms with E-state index in [9.17, 15) is 0 Å². The van der Waals surface area contributed by atoms with Crippen LogP contribution in [0.4, 0.5) is 5.95 Å². The SMILES string of the molecule is COc1nc(Cl)nc(NC(C)C2CC3CCC2C3)n1. The molecule has 2 saturated carbocycles. The predicted octanol–water partition coefficient (Wildman–Crippen LogP) is 2.77. The molecule has 2 fully saturated rings. The molecule has 0 aliphatic heterocycles. The van der Waals surface area contributed by atoms with Gasteiger partial charge in [-0.25, -0.2) is 0 Å². The van der Waals surface area contributed by atoms with Crippen LogP contribution >= 0.6 is 11.6 Å². The summed E-state index contributed by atoms with van der Waals surface area (Å²) in [5, 5.41) is 3.52. The molecule has 4 unspecified atom stereocenters. The van der Waals surface area contributed by atoms with E-state index in [0.717, 1.165) is 17.8 Å². The van der Waals surface area contributed by atoms with E-state index in [2.05, 4.69) is 27.2 Å². The van der Waals surface area contributed by atoms with Crippen LogP contribution in [0.25, 0.3) is 0 Å². The summed E-state index contributed by atoms with van der Waals surface area (Å²) in [7, 11) is 1.52. The van der Waals surface area contributed by atoms with Gasteiger partial charge in [0.15, 0.2) is 0 Å². The maximum Gasteiger partial charge on any atom is 0.322 e. The van der Waals surface area contributed by atoms with Gasteiger partial charge >= 0.3 is 6.01 Å². The van der Waals surface area contributed by atoms with Crippen molar-refractivity contribution in [2.24, 2.45) is 17.8 Å². The van der Waals surface area contributed by atoms with Crippen LogP contribution in [-0.2, 0) is 0 Å². The Morgan fingerprint density at radius 2 is 2.11 bits per heavy atom. The van der Waals surface area contributed by atoms with E-state index in [1.807, 2.05) is 0 Å². The van der Waals surface area contributed by atoms with Crippen molar-refractivity contribution in [3.63, 3.8) is 0 Å². The number of nitrogens with zero attached hydrogens (tertiary/aromatic N) is 3. The Morgan fingerprint density at radius 3 is 2.74 bits per heavy atom. The van der Waals surface area contributed by atoms with Crippen molar-refractivity contribution < 1.29 is 4.74 Å². The molecule has 2 aliphatic rings. The van der Waals surface area contributed by atoms with E-state index in [1.165, 1.54) is 32.8 Å². The van der Waals surface area contributed by atoms with Crippen molar-refractivity contribution in [1.29, 1.82) is 0 Å². The van der Waals surface area contributed by atoms with Gasteiger partial charge in [-0.2, -0.15) is 15.0 Å². The monoisotopic (exact) mass is 282 g/mol. The molecule has 0 saturated heterocycles. The highest BCUT2D eigenvalue weighted by Crippen LogP contribution is 2.49. The van der Waals surface area contributed by atoms with Crippen LogP contribution < -0.4 is 10.1 Å². The number of ether oxygens (including phenoxy) is 1. The molecule has 0 amide bonds. The molecule has 2 bridgehead atoms. The first-order valence-corrected chi connectivity index (χ1v) is 7.25. The predicted molar refractivity (Wildman–Crippen MR) is 73.4 cm³/mol. The third-order valence-corrected chi connectivity index (χ3v) is 4.73. The van der Waals surface area contributed by atoms with E-state index in [-0.39, 0.29) is 11.3 Å². The Hall–Kier alpha value is -1.10. The molecule has 6 heteroatoms. The summed E-state index contributed by atoms with van der Waals surface area (Å²) < 4.78 is 5.01. The zero-order valence-electron chi connectivity index (χ0n) is 11.3. The average Bonchev–Trinajstić information content (AvgIpc) is 3.00. The number of methoxy groups -OCH3 is 1. The fourth-order valence-electron chi connectivity index (χ4n) is 3.70. The van der Waals surface area contributed by atoms with Gasteiger partial charge < -0.3 is 10.1 Å². The normalized spacial score (nSPS) is 30.4. The summed E-state index contributed by atoms with van der Waals surface area (Å²) in [5.41, 5.74) is 0. The van der Waals surface area contributed by atoms with Crippen LogP contribution in [0.5, 0.6) is 6.01 Å². The topological polar surface area (TPSA) is 59.9 Å². The first kappa shape index (κ1) is 12.9. The molecule has 1 heterocycles. The molecular weight excluding hydrogens is 264 g/mol. The molecule has 1 aromatic heterocycles. The smallest absolute Gasteiger partial charge is 0.322 e. The van der Waals surface area contributed by atoms with Crippen LogP contribution in [-0.4, -0.2) is 28.1 Å². The van der Waals surface area contributed by atoms with Gasteiger partial charge in [0.05, 0.1) is 7.11 Å². The van der Waals surface area contributed by atoms with E-state index >= 15 is 0 Å². The largest absolute Gasteiger partial charge is 0.467 e. The van der Waals surface area contributed by atoms with Crippen LogP contribution in [0.1, 0.15) is 32.6 Å². The number of hydrogen-bond donors (Lipinski definition) is 1. The highest BCUT2D eigenvalue weighted by molar-refractivity contribution is 6.28. The molecule has 19 heavy (non-hydrogen) atoms. The van der Waals surface area contributed by atoms with E-state index in [4.69, 9.17) is 16.3 Å². The highest BCUT2D eigenvalue weighted by atomic mass is 35.5. The lowest BCUT2D eigenvalue weighted by Crippen LogP contribution is -2.30. The molecule has 1 N–H and O–H groups in total. The van der Waals surface area contributed by atoms with Crippen LogP contribution in [0, 0.1) is 17.8 Å². The van der Waals surface area contributed by atoms with Crippen molar-refractivity contribution in [1.82, 2.24) is 15.0 Å². The summed E-state index contributed by atoms with van der Waals surface area (Å²) >= 11 is 5.85. The van der Waals surface area contributed by atoms with Crippen molar-refractivity contribution >= 4 is 17.5 Å². The lowest BCUT2D eigenvalue weighted by molar-refractivity contribution is 0.303. The van der Waals surface area contributed by atoms with Crippen LogP contribution in [0.15, 0.2) is 0 Å². The van der Waals surface area contributed by atoms with Gasteiger partial charge in [-0.3, -0.25) is 0 Å². The average molecular weight is 283 g/mol. The number of rotatable bonds is 4. The molecule has 0 spiro atoms. The van der Waals surface area contributed by atoms with E-state index in [1.54, 1.807) is 0 Å². The van der Waals surface area contributed by atoms with Gasteiger partial charge in [0.25, 0.3) is 0 Å². The van der Waals surface area contributed by atoms with Gasteiger partial charge in [0.2, 0.25) is 11.2 Å². The van der Waals surface area contributed by atoms with Gasteiger partial charge in [-0.15, -0.1) is 0 Å². The Labute approximate surface area is 118 Å². The van der Waals surface area contributed by atoms with E-state index < -0.39 is 0 Å². The second kappa shape index (κ2) is 5.12. The van der Waals surface area contributed by atoms with Gasteiger partial charge in [0, 0.05) is 6.04 Å². The quantitative estimate of drug-likeness (QED) is 0.920. The molecule has 3 rings (SSSR count). The van der Waals surface area contributed by atoms with Crippen molar-refractivity contribution in [3.8, 4) is 6.01 Å². The molecule has 0 radical (unpaired) electrons. The van der Waals surface area contributed by atoms with Gasteiger partial charge in [-0.05, 0) is 55.5 Å². The first-order valence-electron chi connectivity index (χ1n) is 6.88. The molecular formula is C13H19ClN4O. The zero-order chi connectivity index (χ0) is 13.4. The van der Waals surface area contributed by atoms with Gasteiger partial charge in [0.1, 0.15) is 0 Å². The Bertz CT molecular complexity index is 470. The zero-order valence-corrected chi connectivity index (χ0v) is 12.0. The summed E-state index contributed by atoms with van der Waals surface area (Å²) in [6.07, 6.45) is 5.52. The summed E-state index contributed by atoms with van der Waals surface area (Å²) in [6, 6.07) is 0.612. The highest BCUT2D eigenvalue weighted by Gasteiger charge is 2.41. The van der Waals surface area contributed by atoms with Crippen LogP contribution in [0.3, 0.4) is 0 Å². The molecule has 0 aromatic carbocycles. The van der Waals surface area contributed by atoms with Gasteiger partial charge in [-0.1, -0.05) is 6.42 Å². The molecule has 1 aromatic rings. The fourth-order valence-corrected chi connectivity index (χ4v) is 3.86. The number of anilines is 1. The third kappa shape index (κ3) is 2.61. The minimum Gasteiger partial charge on any atom is -0.467 e. The first-order chi connectivity index (χ1) is 9.15. The Balaban J connectivity index is 1.69. The standard InChI is InChI=1S/C13H19ClN4O/c1-7(10-6-8-3-4-9(10)5-8)15-12-16-11(14)17-13(18-12)19-2/h7-10H,3-6H2,1-2H3,(H,15,16,17,18). The lowest BCUT2D eigenvalue weighted by atomic mass is 9.84.